The lowest BCUT2D eigenvalue weighted by atomic mass is 10.1. The zero-order valence-corrected chi connectivity index (χ0v) is 14.8. The van der Waals surface area contributed by atoms with Crippen LogP contribution in [-0.4, -0.2) is 16.1 Å². The molecule has 0 aliphatic rings. The molecular formula is C17H29NO2S. The van der Waals surface area contributed by atoms with Crippen LogP contribution in [0.15, 0.2) is 34.9 Å². The Morgan fingerprint density at radius 2 is 1.57 bits per heavy atom. The first-order valence-corrected chi connectivity index (χ1v) is 8.57. The van der Waals surface area contributed by atoms with E-state index in [0.717, 1.165) is 31.4 Å². The molecule has 0 aliphatic heterocycles. The molecule has 0 heterocycles. The Labute approximate surface area is 133 Å². The minimum absolute atomic E-state index is 0.244. The van der Waals surface area contributed by atoms with E-state index in [4.69, 9.17) is 0 Å². The monoisotopic (exact) mass is 311 g/mol. The normalized spacial score (nSPS) is 14.0. The van der Waals surface area contributed by atoms with Gasteiger partial charge in [0.1, 0.15) is 0 Å². The van der Waals surface area contributed by atoms with Crippen molar-refractivity contribution in [1.82, 2.24) is 0 Å². The second-order valence-corrected chi connectivity index (χ2v) is 7.03. The van der Waals surface area contributed by atoms with Crippen LogP contribution < -0.4 is 0 Å². The number of thioether (sulfide) groups is 1. The van der Waals surface area contributed by atoms with Crippen molar-refractivity contribution in [2.45, 2.75) is 65.7 Å². The number of rotatable bonds is 10. The Hall–Kier alpha value is -1.03. The SMILES string of the molecule is CC(C)=CCCC(C)=CCCC(C)=CCSC(C)[N+](=O)[O-]. The molecule has 0 aromatic heterocycles. The maximum Gasteiger partial charge on any atom is 0.255 e. The van der Waals surface area contributed by atoms with E-state index in [1.165, 1.54) is 28.5 Å². The van der Waals surface area contributed by atoms with E-state index in [0.29, 0.717) is 0 Å². The van der Waals surface area contributed by atoms with Crippen LogP contribution in [0, 0.1) is 10.1 Å². The summed E-state index contributed by atoms with van der Waals surface area (Å²) in [5, 5.41) is 9.98. The van der Waals surface area contributed by atoms with Crippen LogP contribution in [0.4, 0.5) is 0 Å². The summed E-state index contributed by atoms with van der Waals surface area (Å²) in [7, 11) is 0. The van der Waals surface area contributed by atoms with E-state index in [2.05, 4.69) is 45.9 Å². The molecule has 0 bridgehead atoms. The van der Waals surface area contributed by atoms with Crippen molar-refractivity contribution in [3.8, 4) is 0 Å². The van der Waals surface area contributed by atoms with Crippen molar-refractivity contribution in [2.24, 2.45) is 0 Å². The van der Waals surface area contributed by atoms with E-state index in [-0.39, 0.29) is 4.92 Å². The molecule has 0 rings (SSSR count). The molecule has 0 fully saturated rings. The van der Waals surface area contributed by atoms with Crippen LogP contribution in [0.1, 0.15) is 60.3 Å². The first-order chi connectivity index (χ1) is 9.82. The van der Waals surface area contributed by atoms with Gasteiger partial charge in [0, 0.05) is 17.6 Å². The molecular weight excluding hydrogens is 282 g/mol. The molecule has 1 atom stereocenters. The molecule has 0 N–H and O–H groups in total. The molecule has 1 unspecified atom stereocenters. The fraction of sp³-hybridized carbons (Fsp3) is 0.647. The smallest absolute Gasteiger partial charge is 0.255 e. The Bertz CT molecular complexity index is 407. The van der Waals surface area contributed by atoms with E-state index >= 15 is 0 Å². The maximum atomic E-state index is 10.5. The number of hydrogen-bond donors (Lipinski definition) is 0. The third-order valence-electron chi connectivity index (χ3n) is 3.19. The summed E-state index contributed by atoms with van der Waals surface area (Å²) in [5.74, 6) is 0.719. The van der Waals surface area contributed by atoms with Gasteiger partial charge in [0.15, 0.2) is 0 Å². The van der Waals surface area contributed by atoms with E-state index in [1.807, 2.05) is 0 Å². The van der Waals surface area contributed by atoms with Crippen molar-refractivity contribution in [2.75, 3.05) is 5.75 Å². The minimum atomic E-state index is -0.522. The molecule has 21 heavy (non-hydrogen) atoms. The number of nitro groups is 1. The lowest BCUT2D eigenvalue weighted by Gasteiger charge is -2.03. The Morgan fingerprint density at radius 3 is 2.10 bits per heavy atom. The van der Waals surface area contributed by atoms with Crippen molar-refractivity contribution in [1.29, 1.82) is 0 Å². The van der Waals surface area contributed by atoms with Crippen molar-refractivity contribution < 1.29 is 4.92 Å². The third-order valence-corrected chi connectivity index (χ3v) is 4.20. The van der Waals surface area contributed by atoms with Gasteiger partial charge in [-0.15, -0.1) is 0 Å². The molecule has 4 heteroatoms. The van der Waals surface area contributed by atoms with Gasteiger partial charge in [0.2, 0.25) is 0 Å². The first kappa shape index (κ1) is 20.0. The number of allylic oxidation sites excluding steroid dienone is 5. The fourth-order valence-electron chi connectivity index (χ4n) is 1.73. The van der Waals surface area contributed by atoms with Crippen LogP contribution in [0.2, 0.25) is 0 Å². The highest BCUT2D eigenvalue weighted by molar-refractivity contribution is 7.99. The number of hydrogen-bond acceptors (Lipinski definition) is 3. The van der Waals surface area contributed by atoms with E-state index < -0.39 is 5.37 Å². The molecule has 3 nitrogen and oxygen atoms in total. The highest BCUT2D eigenvalue weighted by Crippen LogP contribution is 2.14. The molecule has 0 aromatic carbocycles. The summed E-state index contributed by atoms with van der Waals surface area (Å²) < 4.78 is 0. The summed E-state index contributed by atoms with van der Waals surface area (Å²) in [4.78, 5) is 10.3. The molecule has 0 amide bonds. The van der Waals surface area contributed by atoms with Gasteiger partial charge < -0.3 is 0 Å². The second-order valence-electron chi connectivity index (χ2n) is 5.68. The first-order valence-electron chi connectivity index (χ1n) is 7.52. The van der Waals surface area contributed by atoms with E-state index in [9.17, 15) is 10.1 Å². The van der Waals surface area contributed by atoms with Crippen LogP contribution >= 0.6 is 11.8 Å². The maximum absolute atomic E-state index is 10.5. The summed E-state index contributed by atoms with van der Waals surface area (Å²) >= 11 is 1.37. The largest absolute Gasteiger partial charge is 0.263 e. The summed E-state index contributed by atoms with van der Waals surface area (Å²) in [6.07, 6.45) is 11.0. The van der Waals surface area contributed by atoms with Crippen molar-refractivity contribution in [3.63, 3.8) is 0 Å². The average molecular weight is 311 g/mol. The predicted octanol–water partition coefficient (Wildman–Crippen LogP) is 5.76. The van der Waals surface area contributed by atoms with Gasteiger partial charge in [-0.3, -0.25) is 10.1 Å². The number of nitrogens with zero attached hydrogens (tertiary/aromatic N) is 1. The Morgan fingerprint density at radius 1 is 1.05 bits per heavy atom. The van der Waals surface area contributed by atoms with Crippen LogP contribution in [0.5, 0.6) is 0 Å². The van der Waals surface area contributed by atoms with Crippen molar-refractivity contribution >= 4 is 11.8 Å². The predicted molar refractivity (Wildman–Crippen MR) is 94.3 cm³/mol. The van der Waals surface area contributed by atoms with Gasteiger partial charge in [0.05, 0.1) is 0 Å². The van der Waals surface area contributed by atoms with Gasteiger partial charge in [-0.25, -0.2) is 0 Å². The van der Waals surface area contributed by atoms with Gasteiger partial charge >= 0.3 is 0 Å². The fourth-order valence-corrected chi connectivity index (χ4v) is 2.51. The summed E-state index contributed by atoms with van der Waals surface area (Å²) in [5.41, 5.74) is 4.13. The summed E-state index contributed by atoms with van der Waals surface area (Å²) in [6, 6.07) is 0. The van der Waals surface area contributed by atoms with Gasteiger partial charge in [-0.05, 0) is 53.4 Å². The lowest BCUT2D eigenvalue weighted by molar-refractivity contribution is -0.490. The molecule has 0 spiro atoms. The van der Waals surface area contributed by atoms with Gasteiger partial charge in [-0.1, -0.05) is 46.7 Å². The molecule has 0 aromatic rings. The molecule has 0 saturated carbocycles. The zero-order valence-electron chi connectivity index (χ0n) is 14.0. The summed E-state index contributed by atoms with van der Waals surface area (Å²) in [6.45, 7) is 10.2. The van der Waals surface area contributed by atoms with Gasteiger partial charge in [0.25, 0.3) is 5.37 Å². The molecule has 0 saturated heterocycles. The minimum Gasteiger partial charge on any atom is -0.263 e. The topological polar surface area (TPSA) is 43.1 Å². The van der Waals surface area contributed by atoms with Crippen LogP contribution in [-0.2, 0) is 0 Å². The average Bonchev–Trinajstić information content (AvgIpc) is 2.37. The van der Waals surface area contributed by atoms with E-state index in [1.54, 1.807) is 6.92 Å². The molecule has 0 radical (unpaired) electrons. The second kappa shape index (κ2) is 11.6. The lowest BCUT2D eigenvalue weighted by Crippen LogP contribution is -2.10. The zero-order chi connectivity index (χ0) is 16.3. The molecule has 120 valence electrons. The standard InChI is InChI=1S/C17H29NO2S/c1-14(2)8-6-9-15(3)10-7-11-16(4)12-13-21-17(5)18(19)20/h8,10,12,17H,6-7,9,11,13H2,1-5H3. The Kier molecular flexibility index (Phi) is 11.0. The Balaban J connectivity index is 3.93. The van der Waals surface area contributed by atoms with Gasteiger partial charge in [-0.2, -0.15) is 0 Å². The third kappa shape index (κ3) is 12.4. The highest BCUT2D eigenvalue weighted by atomic mass is 32.2. The van der Waals surface area contributed by atoms with Crippen molar-refractivity contribution in [3.05, 3.63) is 45.1 Å². The highest BCUT2D eigenvalue weighted by Gasteiger charge is 2.10. The molecule has 0 aliphatic carbocycles. The quantitative estimate of drug-likeness (QED) is 0.223. The van der Waals surface area contributed by atoms with Crippen LogP contribution in [0.3, 0.4) is 0 Å². The van der Waals surface area contributed by atoms with Crippen LogP contribution in [0.25, 0.3) is 0 Å².